The van der Waals surface area contributed by atoms with E-state index in [1.807, 2.05) is 12.3 Å². The van der Waals surface area contributed by atoms with Crippen LogP contribution in [0.15, 0.2) is 24.4 Å². The molecule has 0 saturated carbocycles. The Morgan fingerprint density at radius 1 is 1.38 bits per heavy atom. The Labute approximate surface area is 99.9 Å². The van der Waals surface area contributed by atoms with Crippen molar-refractivity contribution in [3.8, 4) is 16.3 Å². The van der Waals surface area contributed by atoms with E-state index in [0.29, 0.717) is 0 Å². The largest absolute Gasteiger partial charge is 0.496 e. The number of rotatable bonds is 3. The van der Waals surface area contributed by atoms with Gasteiger partial charge in [0.2, 0.25) is 0 Å². The van der Waals surface area contributed by atoms with Crippen LogP contribution in [0.25, 0.3) is 10.6 Å². The summed E-state index contributed by atoms with van der Waals surface area (Å²) < 4.78 is 5.39. The molecule has 0 N–H and O–H groups in total. The molecule has 1 aromatic carbocycles. The summed E-state index contributed by atoms with van der Waals surface area (Å²) in [6.07, 6.45) is 2.98. The van der Waals surface area contributed by atoms with Gasteiger partial charge in [0.1, 0.15) is 10.8 Å². The van der Waals surface area contributed by atoms with E-state index in [1.54, 1.807) is 18.4 Å². The molecule has 0 atom stereocenters. The maximum Gasteiger partial charge on any atom is 0.129 e. The van der Waals surface area contributed by atoms with Gasteiger partial charge in [-0.25, -0.2) is 4.98 Å². The average Bonchev–Trinajstić information content (AvgIpc) is 2.77. The van der Waals surface area contributed by atoms with Crippen molar-refractivity contribution < 1.29 is 4.74 Å². The molecule has 84 valence electrons. The second-order valence-corrected chi connectivity index (χ2v) is 4.80. The molecule has 3 heteroatoms. The molecule has 2 nitrogen and oxygen atoms in total. The first kappa shape index (κ1) is 11.1. The number of hydrogen-bond acceptors (Lipinski definition) is 3. The maximum atomic E-state index is 5.39. The smallest absolute Gasteiger partial charge is 0.129 e. The minimum atomic E-state index is 0.900. The first-order valence-corrected chi connectivity index (χ1v) is 6.16. The molecule has 0 fully saturated rings. The summed E-state index contributed by atoms with van der Waals surface area (Å²) in [5.74, 6) is 0.900. The van der Waals surface area contributed by atoms with Gasteiger partial charge in [-0.3, -0.25) is 0 Å². The molecule has 0 radical (unpaired) electrons. The zero-order chi connectivity index (χ0) is 11.5. The second kappa shape index (κ2) is 4.66. The lowest BCUT2D eigenvalue weighted by Crippen LogP contribution is -1.88. The second-order valence-electron chi connectivity index (χ2n) is 3.69. The van der Waals surface area contributed by atoms with Crippen molar-refractivity contribution in [3.63, 3.8) is 0 Å². The van der Waals surface area contributed by atoms with Crippen LogP contribution < -0.4 is 4.74 Å². The standard InChI is InChI=1S/C13H15NOS/c1-4-10-8-14-13(16-10)11-6-5-9(2)7-12(11)15-3/h5-8H,4H2,1-3H3. The fourth-order valence-corrected chi connectivity index (χ4v) is 2.45. The maximum absolute atomic E-state index is 5.39. The van der Waals surface area contributed by atoms with Crippen LogP contribution in [0.2, 0.25) is 0 Å². The molecule has 1 aromatic heterocycles. The third-order valence-electron chi connectivity index (χ3n) is 2.49. The topological polar surface area (TPSA) is 22.1 Å². The zero-order valence-corrected chi connectivity index (χ0v) is 10.6. The van der Waals surface area contributed by atoms with Crippen molar-refractivity contribution in [1.82, 2.24) is 4.98 Å². The molecule has 0 saturated heterocycles. The number of hydrogen-bond donors (Lipinski definition) is 0. The van der Waals surface area contributed by atoms with Crippen molar-refractivity contribution in [3.05, 3.63) is 34.8 Å². The molecule has 0 unspecified atom stereocenters. The van der Waals surface area contributed by atoms with E-state index in [0.717, 1.165) is 22.7 Å². The molecular weight excluding hydrogens is 218 g/mol. The Balaban J connectivity index is 2.46. The highest BCUT2D eigenvalue weighted by molar-refractivity contribution is 7.15. The lowest BCUT2D eigenvalue weighted by Gasteiger charge is -2.06. The monoisotopic (exact) mass is 233 g/mol. The van der Waals surface area contributed by atoms with Crippen molar-refractivity contribution in [2.24, 2.45) is 0 Å². The lowest BCUT2D eigenvalue weighted by molar-refractivity contribution is 0.416. The van der Waals surface area contributed by atoms with Crippen molar-refractivity contribution in [1.29, 1.82) is 0 Å². The Hall–Kier alpha value is -1.35. The summed E-state index contributed by atoms with van der Waals surface area (Å²) in [7, 11) is 1.70. The van der Waals surface area contributed by atoms with E-state index in [-0.39, 0.29) is 0 Å². The summed E-state index contributed by atoms with van der Waals surface area (Å²) >= 11 is 1.73. The van der Waals surface area contributed by atoms with Gasteiger partial charge < -0.3 is 4.74 Å². The van der Waals surface area contributed by atoms with Crippen molar-refractivity contribution in [2.75, 3.05) is 7.11 Å². The molecule has 1 heterocycles. The molecule has 0 aliphatic heterocycles. The quantitative estimate of drug-likeness (QED) is 0.806. The predicted octanol–water partition coefficient (Wildman–Crippen LogP) is 3.69. The number of thiazole rings is 1. The third-order valence-corrected chi connectivity index (χ3v) is 3.66. The third kappa shape index (κ3) is 2.09. The van der Waals surface area contributed by atoms with Gasteiger partial charge in [-0.2, -0.15) is 0 Å². The van der Waals surface area contributed by atoms with Gasteiger partial charge in [0.15, 0.2) is 0 Å². The summed E-state index contributed by atoms with van der Waals surface area (Å²) in [6.45, 7) is 4.20. The van der Waals surface area contributed by atoms with Crippen LogP contribution in [0.5, 0.6) is 5.75 Å². The summed E-state index contributed by atoms with van der Waals surface area (Å²) in [4.78, 5) is 5.74. The van der Waals surface area contributed by atoms with Gasteiger partial charge in [0.05, 0.1) is 12.7 Å². The van der Waals surface area contributed by atoms with E-state index in [9.17, 15) is 0 Å². The molecule has 0 spiro atoms. The van der Waals surface area contributed by atoms with E-state index in [1.165, 1.54) is 10.4 Å². The van der Waals surface area contributed by atoms with E-state index in [4.69, 9.17) is 4.74 Å². The minimum absolute atomic E-state index is 0.900. The fourth-order valence-electron chi connectivity index (χ4n) is 1.57. The molecule has 2 rings (SSSR count). The number of ether oxygens (including phenoxy) is 1. The van der Waals surface area contributed by atoms with Crippen LogP contribution in [-0.4, -0.2) is 12.1 Å². The first-order valence-electron chi connectivity index (χ1n) is 5.34. The highest BCUT2D eigenvalue weighted by Crippen LogP contribution is 2.33. The SMILES string of the molecule is CCc1cnc(-c2ccc(C)cc2OC)s1. The molecule has 0 aliphatic rings. The van der Waals surface area contributed by atoms with E-state index < -0.39 is 0 Å². The average molecular weight is 233 g/mol. The van der Waals surface area contributed by atoms with Crippen LogP contribution in [-0.2, 0) is 6.42 Å². The van der Waals surface area contributed by atoms with Crippen LogP contribution in [0.1, 0.15) is 17.4 Å². The van der Waals surface area contributed by atoms with Crippen LogP contribution >= 0.6 is 11.3 Å². The molecule has 0 amide bonds. The summed E-state index contributed by atoms with van der Waals surface area (Å²) in [5.41, 5.74) is 2.28. The van der Waals surface area contributed by atoms with Crippen molar-refractivity contribution in [2.45, 2.75) is 20.3 Å². The highest BCUT2D eigenvalue weighted by atomic mass is 32.1. The zero-order valence-electron chi connectivity index (χ0n) is 9.78. The summed E-state index contributed by atoms with van der Waals surface area (Å²) in [5, 5.41) is 1.04. The number of aromatic nitrogens is 1. The Bertz CT molecular complexity index is 490. The Morgan fingerprint density at radius 2 is 2.19 bits per heavy atom. The van der Waals surface area contributed by atoms with Gasteiger partial charge in [0.25, 0.3) is 0 Å². The molecule has 0 aliphatic carbocycles. The molecule has 2 aromatic rings. The number of nitrogens with zero attached hydrogens (tertiary/aromatic N) is 1. The molecule has 0 bridgehead atoms. The number of methoxy groups -OCH3 is 1. The van der Waals surface area contributed by atoms with Crippen LogP contribution in [0.4, 0.5) is 0 Å². The van der Waals surface area contributed by atoms with Crippen LogP contribution in [0.3, 0.4) is 0 Å². The molecule has 16 heavy (non-hydrogen) atoms. The van der Waals surface area contributed by atoms with Gasteiger partial charge in [-0.15, -0.1) is 11.3 Å². The highest BCUT2D eigenvalue weighted by Gasteiger charge is 2.09. The number of benzene rings is 1. The van der Waals surface area contributed by atoms with Gasteiger partial charge >= 0.3 is 0 Å². The first-order chi connectivity index (χ1) is 7.74. The Kier molecular flexibility index (Phi) is 3.25. The predicted molar refractivity (Wildman–Crippen MR) is 68.2 cm³/mol. The Morgan fingerprint density at radius 3 is 2.81 bits per heavy atom. The van der Waals surface area contributed by atoms with Gasteiger partial charge in [0, 0.05) is 11.1 Å². The minimum Gasteiger partial charge on any atom is -0.496 e. The van der Waals surface area contributed by atoms with Crippen LogP contribution in [0, 0.1) is 6.92 Å². The summed E-state index contributed by atoms with van der Waals surface area (Å²) in [6, 6.07) is 6.21. The fraction of sp³-hybridized carbons (Fsp3) is 0.308. The van der Waals surface area contributed by atoms with Gasteiger partial charge in [-0.1, -0.05) is 13.0 Å². The lowest BCUT2D eigenvalue weighted by atomic mass is 10.1. The molecular formula is C13H15NOS. The normalized spacial score (nSPS) is 10.4. The van der Waals surface area contributed by atoms with Gasteiger partial charge in [-0.05, 0) is 31.0 Å². The van der Waals surface area contributed by atoms with Crippen molar-refractivity contribution >= 4 is 11.3 Å². The van der Waals surface area contributed by atoms with E-state index >= 15 is 0 Å². The number of aryl methyl sites for hydroxylation is 2. The van der Waals surface area contributed by atoms with E-state index in [2.05, 4.69) is 31.0 Å².